The summed E-state index contributed by atoms with van der Waals surface area (Å²) in [4.78, 5) is 7.11. The van der Waals surface area contributed by atoms with Crippen molar-refractivity contribution in [1.29, 1.82) is 0 Å². The molecule has 0 N–H and O–H groups in total. The minimum atomic E-state index is 0.383. The molecule has 0 aliphatic carbocycles. The van der Waals surface area contributed by atoms with E-state index in [9.17, 15) is 0 Å². The first-order valence-electron chi connectivity index (χ1n) is 7.30. The third kappa shape index (κ3) is 3.19. The standard InChI is InChI=1S/C16H20N4O/c1-12-5-3-6-14(17-12)15-7-4-10-20(15)11-13-8-9-16(21-2)19-18-13/h3,5-6,8-9,15H,4,7,10-11H2,1-2H3/t15-/m0/s1. The molecule has 110 valence electrons. The number of methoxy groups -OCH3 is 1. The predicted octanol–water partition coefficient (Wildman–Crippen LogP) is 2.53. The third-order valence-electron chi connectivity index (χ3n) is 3.88. The van der Waals surface area contributed by atoms with Crippen LogP contribution in [0.2, 0.25) is 0 Å². The van der Waals surface area contributed by atoms with Gasteiger partial charge in [0.1, 0.15) is 0 Å². The fourth-order valence-electron chi connectivity index (χ4n) is 2.85. The van der Waals surface area contributed by atoms with Crippen LogP contribution in [0.5, 0.6) is 5.88 Å². The van der Waals surface area contributed by atoms with Gasteiger partial charge in [0.25, 0.3) is 0 Å². The smallest absolute Gasteiger partial charge is 0.233 e. The third-order valence-corrected chi connectivity index (χ3v) is 3.88. The van der Waals surface area contributed by atoms with Gasteiger partial charge in [0.05, 0.1) is 24.5 Å². The van der Waals surface area contributed by atoms with Crippen LogP contribution in [0.15, 0.2) is 30.3 Å². The van der Waals surface area contributed by atoms with E-state index < -0.39 is 0 Å². The van der Waals surface area contributed by atoms with Gasteiger partial charge < -0.3 is 4.74 Å². The monoisotopic (exact) mass is 284 g/mol. The van der Waals surface area contributed by atoms with Crippen molar-refractivity contribution in [3.05, 3.63) is 47.4 Å². The molecular formula is C16H20N4O. The second-order valence-corrected chi connectivity index (χ2v) is 5.40. The van der Waals surface area contributed by atoms with Gasteiger partial charge in [-0.15, -0.1) is 5.10 Å². The Labute approximate surface area is 125 Å². The van der Waals surface area contributed by atoms with Crippen molar-refractivity contribution in [2.24, 2.45) is 0 Å². The van der Waals surface area contributed by atoms with Crippen LogP contribution in [0.25, 0.3) is 0 Å². The van der Waals surface area contributed by atoms with Crippen molar-refractivity contribution in [3.63, 3.8) is 0 Å². The molecule has 2 aromatic rings. The lowest BCUT2D eigenvalue weighted by molar-refractivity contribution is 0.240. The summed E-state index contributed by atoms with van der Waals surface area (Å²) in [5.74, 6) is 0.553. The quantitative estimate of drug-likeness (QED) is 0.863. The molecule has 0 amide bonds. The fraction of sp³-hybridized carbons (Fsp3) is 0.438. The van der Waals surface area contributed by atoms with Gasteiger partial charge in [-0.1, -0.05) is 6.07 Å². The van der Waals surface area contributed by atoms with E-state index in [4.69, 9.17) is 4.74 Å². The van der Waals surface area contributed by atoms with Crippen molar-refractivity contribution in [2.75, 3.05) is 13.7 Å². The van der Waals surface area contributed by atoms with E-state index in [1.807, 2.05) is 25.1 Å². The summed E-state index contributed by atoms with van der Waals surface area (Å²) in [6.07, 6.45) is 2.35. The maximum absolute atomic E-state index is 5.05. The molecule has 0 unspecified atom stereocenters. The number of pyridine rings is 1. The van der Waals surface area contributed by atoms with Crippen LogP contribution in [0.4, 0.5) is 0 Å². The van der Waals surface area contributed by atoms with Gasteiger partial charge >= 0.3 is 0 Å². The number of likely N-dealkylation sites (tertiary alicyclic amines) is 1. The van der Waals surface area contributed by atoms with Crippen molar-refractivity contribution in [2.45, 2.75) is 32.4 Å². The number of hydrogen-bond donors (Lipinski definition) is 0. The van der Waals surface area contributed by atoms with E-state index in [1.165, 1.54) is 6.42 Å². The maximum Gasteiger partial charge on any atom is 0.233 e. The molecule has 1 atom stereocenters. The van der Waals surface area contributed by atoms with Gasteiger partial charge in [0.2, 0.25) is 5.88 Å². The Morgan fingerprint density at radius 1 is 1.24 bits per heavy atom. The Morgan fingerprint density at radius 3 is 2.86 bits per heavy atom. The summed E-state index contributed by atoms with van der Waals surface area (Å²) in [6, 6.07) is 10.5. The Morgan fingerprint density at radius 2 is 2.14 bits per heavy atom. The average molecular weight is 284 g/mol. The minimum absolute atomic E-state index is 0.383. The van der Waals surface area contributed by atoms with Crippen LogP contribution >= 0.6 is 0 Å². The lowest BCUT2D eigenvalue weighted by Gasteiger charge is -2.23. The summed E-state index contributed by atoms with van der Waals surface area (Å²) >= 11 is 0. The molecule has 21 heavy (non-hydrogen) atoms. The Balaban J connectivity index is 1.74. The predicted molar refractivity (Wildman–Crippen MR) is 79.9 cm³/mol. The Bertz CT molecular complexity index is 599. The molecule has 0 spiro atoms. The number of nitrogens with zero attached hydrogens (tertiary/aromatic N) is 4. The highest BCUT2D eigenvalue weighted by atomic mass is 16.5. The van der Waals surface area contributed by atoms with E-state index in [2.05, 4.69) is 32.2 Å². The van der Waals surface area contributed by atoms with Gasteiger partial charge in [0.15, 0.2) is 0 Å². The molecule has 2 aromatic heterocycles. The summed E-state index contributed by atoms with van der Waals surface area (Å²) < 4.78 is 5.05. The Kier molecular flexibility index (Phi) is 4.10. The number of aromatic nitrogens is 3. The summed E-state index contributed by atoms with van der Waals surface area (Å²) in [7, 11) is 1.60. The first-order chi connectivity index (χ1) is 10.3. The van der Waals surface area contributed by atoms with E-state index >= 15 is 0 Å². The normalized spacial score (nSPS) is 18.9. The maximum atomic E-state index is 5.05. The van der Waals surface area contributed by atoms with Gasteiger partial charge in [0, 0.05) is 18.3 Å². The molecule has 5 nitrogen and oxygen atoms in total. The molecule has 0 radical (unpaired) electrons. The molecule has 0 saturated carbocycles. The van der Waals surface area contributed by atoms with Crippen LogP contribution in [-0.4, -0.2) is 33.7 Å². The molecule has 3 rings (SSSR count). The van der Waals surface area contributed by atoms with E-state index in [1.54, 1.807) is 7.11 Å². The molecule has 0 bridgehead atoms. The average Bonchev–Trinajstić information content (AvgIpc) is 2.96. The zero-order chi connectivity index (χ0) is 14.7. The molecule has 1 fully saturated rings. The first kappa shape index (κ1) is 13.9. The van der Waals surface area contributed by atoms with Gasteiger partial charge in [-0.3, -0.25) is 9.88 Å². The lowest BCUT2D eigenvalue weighted by atomic mass is 10.1. The van der Waals surface area contributed by atoms with Crippen molar-refractivity contribution in [3.8, 4) is 5.88 Å². The van der Waals surface area contributed by atoms with Gasteiger partial charge in [-0.25, -0.2) is 0 Å². The topological polar surface area (TPSA) is 51.1 Å². The molecule has 0 aromatic carbocycles. The molecule has 3 heterocycles. The number of ether oxygens (including phenoxy) is 1. The van der Waals surface area contributed by atoms with E-state index in [0.29, 0.717) is 11.9 Å². The largest absolute Gasteiger partial charge is 0.480 e. The molecule has 1 saturated heterocycles. The van der Waals surface area contributed by atoms with E-state index in [0.717, 1.165) is 36.6 Å². The number of rotatable bonds is 4. The molecular weight excluding hydrogens is 264 g/mol. The van der Waals surface area contributed by atoms with Crippen LogP contribution in [0.3, 0.4) is 0 Å². The molecule has 1 aliphatic heterocycles. The molecule has 1 aliphatic rings. The number of hydrogen-bond acceptors (Lipinski definition) is 5. The number of aryl methyl sites for hydroxylation is 1. The zero-order valence-electron chi connectivity index (χ0n) is 12.5. The van der Waals surface area contributed by atoms with E-state index in [-0.39, 0.29) is 0 Å². The van der Waals surface area contributed by atoms with Crippen LogP contribution < -0.4 is 4.74 Å². The summed E-state index contributed by atoms with van der Waals surface area (Å²) in [5, 5.41) is 8.26. The van der Waals surface area contributed by atoms with Crippen molar-refractivity contribution in [1.82, 2.24) is 20.1 Å². The Hall–Kier alpha value is -2.01. The van der Waals surface area contributed by atoms with Gasteiger partial charge in [-0.2, -0.15) is 5.10 Å². The second-order valence-electron chi connectivity index (χ2n) is 5.40. The highest BCUT2D eigenvalue weighted by Crippen LogP contribution is 2.31. The lowest BCUT2D eigenvalue weighted by Crippen LogP contribution is -2.24. The second kappa shape index (κ2) is 6.18. The van der Waals surface area contributed by atoms with Crippen molar-refractivity contribution >= 4 is 0 Å². The fourth-order valence-corrected chi connectivity index (χ4v) is 2.85. The van der Waals surface area contributed by atoms with Gasteiger partial charge in [-0.05, 0) is 44.5 Å². The SMILES string of the molecule is COc1ccc(CN2CCC[C@H]2c2cccc(C)n2)nn1. The zero-order valence-corrected chi connectivity index (χ0v) is 12.5. The molecule has 5 heteroatoms. The minimum Gasteiger partial charge on any atom is -0.480 e. The van der Waals surface area contributed by atoms with Crippen LogP contribution in [0.1, 0.15) is 36.0 Å². The highest BCUT2D eigenvalue weighted by Gasteiger charge is 2.27. The summed E-state index contributed by atoms with van der Waals surface area (Å²) in [6.45, 7) is 3.92. The van der Waals surface area contributed by atoms with Crippen molar-refractivity contribution < 1.29 is 4.74 Å². The first-order valence-corrected chi connectivity index (χ1v) is 7.30. The highest BCUT2D eigenvalue weighted by molar-refractivity contribution is 5.16. The van der Waals surface area contributed by atoms with Crippen LogP contribution in [0, 0.1) is 6.92 Å². The van der Waals surface area contributed by atoms with Crippen LogP contribution in [-0.2, 0) is 6.54 Å². The summed E-state index contributed by atoms with van der Waals surface area (Å²) in [5.41, 5.74) is 3.20.